The molecule has 0 aliphatic rings. The highest BCUT2D eigenvalue weighted by atomic mass is 16.5. The third-order valence-corrected chi connectivity index (χ3v) is 3.02. The summed E-state index contributed by atoms with van der Waals surface area (Å²) in [6.07, 6.45) is 0.712. The van der Waals surface area contributed by atoms with E-state index in [0.717, 1.165) is 16.9 Å². The van der Waals surface area contributed by atoms with Crippen molar-refractivity contribution in [3.05, 3.63) is 29.3 Å². The van der Waals surface area contributed by atoms with E-state index in [4.69, 9.17) is 10.00 Å². The molecule has 0 atom stereocenters. The molecule has 0 bridgehead atoms. The van der Waals surface area contributed by atoms with Gasteiger partial charge in [0.2, 0.25) is 5.91 Å². The Labute approximate surface area is 114 Å². The Balaban J connectivity index is 2.55. The number of carbonyl (C=O) groups is 1. The van der Waals surface area contributed by atoms with Crippen molar-refractivity contribution in [2.24, 2.45) is 5.41 Å². The van der Waals surface area contributed by atoms with Crippen LogP contribution in [0.25, 0.3) is 0 Å². The van der Waals surface area contributed by atoms with Gasteiger partial charge in [0.15, 0.2) is 0 Å². The second-order valence-electron chi connectivity index (χ2n) is 5.05. The van der Waals surface area contributed by atoms with Crippen molar-refractivity contribution in [3.63, 3.8) is 0 Å². The van der Waals surface area contributed by atoms with Crippen molar-refractivity contribution in [2.45, 2.75) is 27.2 Å². The van der Waals surface area contributed by atoms with Gasteiger partial charge in [-0.05, 0) is 44.4 Å². The van der Waals surface area contributed by atoms with Crippen LogP contribution in [0.2, 0.25) is 0 Å². The number of nitrogens with zero attached hydrogens (tertiary/aromatic N) is 1. The van der Waals surface area contributed by atoms with Gasteiger partial charge in [0.05, 0.1) is 13.2 Å². The Bertz CT molecular complexity index is 501. The minimum Gasteiger partial charge on any atom is -0.496 e. The summed E-state index contributed by atoms with van der Waals surface area (Å²) in [5.41, 5.74) is 1.20. The van der Waals surface area contributed by atoms with Gasteiger partial charge < -0.3 is 10.1 Å². The number of benzene rings is 1. The van der Waals surface area contributed by atoms with E-state index < -0.39 is 5.41 Å². The Morgan fingerprint density at radius 2 is 2.16 bits per heavy atom. The van der Waals surface area contributed by atoms with Crippen LogP contribution in [0.3, 0.4) is 0 Å². The van der Waals surface area contributed by atoms with Gasteiger partial charge in [0, 0.05) is 6.54 Å². The van der Waals surface area contributed by atoms with Gasteiger partial charge in [-0.1, -0.05) is 12.1 Å². The second-order valence-corrected chi connectivity index (χ2v) is 5.05. The molecule has 0 aromatic heterocycles. The third-order valence-electron chi connectivity index (χ3n) is 3.02. The Morgan fingerprint density at radius 1 is 1.47 bits per heavy atom. The topological polar surface area (TPSA) is 62.1 Å². The van der Waals surface area contributed by atoms with Crippen LogP contribution in [-0.2, 0) is 11.2 Å². The number of nitriles is 1. The SMILES string of the molecule is COc1cc(CCNC(=O)C(C)(C)C#N)ccc1C. The van der Waals surface area contributed by atoms with Crippen LogP contribution in [0.5, 0.6) is 5.75 Å². The minimum absolute atomic E-state index is 0.242. The molecular formula is C15H20N2O2. The van der Waals surface area contributed by atoms with Crippen LogP contribution >= 0.6 is 0 Å². The predicted octanol–water partition coefficient (Wildman–Crippen LogP) is 2.21. The first-order chi connectivity index (χ1) is 8.90. The van der Waals surface area contributed by atoms with Gasteiger partial charge in [0.1, 0.15) is 11.2 Å². The highest BCUT2D eigenvalue weighted by Crippen LogP contribution is 2.19. The zero-order chi connectivity index (χ0) is 14.5. The molecule has 0 aliphatic carbocycles. The van der Waals surface area contributed by atoms with Crippen LogP contribution in [0.1, 0.15) is 25.0 Å². The van der Waals surface area contributed by atoms with E-state index in [1.54, 1.807) is 21.0 Å². The molecule has 102 valence electrons. The molecule has 0 saturated heterocycles. The lowest BCUT2D eigenvalue weighted by atomic mass is 9.95. The van der Waals surface area contributed by atoms with Crippen LogP contribution in [-0.4, -0.2) is 19.6 Å². The van der Waals surface area contributed by atoms with Crippen molar-refractivity contribution in [3.8, 4) is 11.8 Å². The predicted molar refractivity (Wildman–Crippen MR) is 73.8 cm³/mol. The molecule has 1 N–H and O–H groups in total. The third kappa shape index (κ3) is 3.99. The summed E-state index contributed by atoms with van der Waals surface area (Å²) in [5.74, 6) is 0.607. The standard InChI is InChI=1S/C15H20N2O2/c1-11-5-6-12(9-13(11)19-4)7-8-17-14(18)15(2,3)10-16/h5-6,9H,7-8H2,1-4H3,(H,17,18). The molecule has 0 fully saturated rings. The maximum atomic E-state index is 11.7. The first kappa shape index (κ1) is 15.0. The average molecular weight is 260 g/mol. The zero-order valence-electron chi connectivity index (χ0n) is 11.9. The zero-order valence-corrected chi connectivity index (χ0v) is 11.9. The number of ether oxygens (including phenoxy) is 1. The smallest absolute Gasteiger partial charge is 0.239 e. The van der Waals surface area contributed by atoms with Gasteiger partial charge in [-0.3, -0.25) is 4.79 Å². The summed E-state index contributed by atoms with van der Waals surface area (Å²) in [5, 5.41) is 11.6. The molecule has 0 saturated carbocycles. The summed E-state index contributed by atoms with van der Waals surface area (Å²) in [6.45, 7) is 5.71. The van der Waals surface area contributed by atoms with Gasteiger partial charge in [0.25, 0.3) is 0 Å². The number of carbonyl (C=O) groups excluding carboxylic acids is 1. The number of aryl methyl sites for hydroxylation is 1. The molecule has 1 amide bonds. The van der Waals surface area contributed by atoms with Crippen LogP contribution in [0.4, 0.5) is 0 Å². The number of nitrogens with one attached hydrogen (secondary N) is 1. The normalized spacial score (nSPS) is 10.7. The first-order valence-corrected chi connectivity index (χ1v) is 6.24. The molecule has 1 aromatic rings. The summed E-state index contributed by atoms with van der Waals surface area (Å²) in [4.78, 5) is 11.7. The minimum atomic E-state index is -0.981. The largest absolute Gasteiger partial charge is 0.496 e. The van der Waals surface area contributed by atoms with Gasteiger partial charge >= 0.3 is 0 Å². The second kappa shape index (κ2) is 6.24. The van der Waals surface area contributed by atoms with E-state index in [2.05, 4.69) is 5.32 Å². The monoisotopic (exact) mass is 260 g/mol. The average Bonchev–Trinajstić information content (AvgIpc) is 2.40. The Hall–Kier alpha value is -2.02. The number of hydrogen-bond acceptors (Lipinski definition) is 3. The van der Waals surface area contributed by atoms with E-state index in [0.29, 0.717) is 13.0 Å². The quantitative estimate of drug-likeness (QED) is 0.883. The number of rotatable bonds is 5. The summed E-state index contributed by atoms with van der Waals surface area (Å²) in [7, 11) is 1.64. The highest BCUT2D eigenvalue weighted by Gasteiger charge is 2.26. The number of hydrogen-bond donors (Lipinski definition) is 1. The van der Waals surface area contributed by atoms with Crippen molar-refractivity contribution in [1.29, 1.82) is 5.26 Å². The molecule has 19 heavy (non-hydrogen) atoms. The number of methoxy groups -OCH3 is 1. The van der Waals surface area contributed by atoms with Crippen molar-refractivity contribution < 1.29 is 9.53 Å². The molecule has 0 heterocycles. The molecule has 1 aromatic carbocycles. The van der Waals surface area contributed by atoms with Gasteiger partial charge in [-0.15, -0.1) is 0 Å². The maximum Gasteiger partial charge on any atom is 0.239 e. The lowest BCUT2D eigenvalue weighted by molar-refractivity contribution is -0.126. The fourth-order valence-corrected chi connectivity index (χ4v) is 1.61. The van der Waals surface area contributed by atoms with E-state index in [-0.39, 0.29) is 5.91 Å². The maximum absolute atomic E-state index is 11.7. The van der Waals surface area contributed by atoms with Crippen LogP contribution in [0, 0.1) is 23.7 Å². The Kier molecular flexibility index (Phi) is 4.94. The fourth-order valence-electron chi connectivity index (χ4n) is 1.61. The molecule has 0 radical (unpaired) electrons. The fraction of sp³-hybridized carbons (Fsp3) is 0.467. The molecule has 0 unspecified atom stereocenters. The lowest BCUT2D eigenvalue weighted by Crippen LogP contribution is -2.36. The Morgan fingerprint density at radius 3 is 2.74 bits per heavy atom. The van der Waals surface area contributed by atoms with E-state index >= 15 is 0 Å². The molecule has 4 heteroatoms. The summed E-state index contributed by atoms with van der Waals surface area (Å²) >= 11 is 0. The van der Waals surface area contributed by atoms with Gasteiger partial charge in [-0.25, -0.2) is 0 Å². The van der Waals surface area contributed by atoms with Crippen molar-refractivity contribution >= 4 is 5.91 Å². The summed E-state index contributed by atoms with van der Waals surface area (Å²) in [6, 6.07) is 7.96. The molecule has 4 nitrogen and oxygen atoms in total. The molecule has 0 aliphatic heterocycles. The van der Waals surface area contributed by atoms with E-state index in [1.165, 1.54) is 0 Å². The highest BCUT2D eigenvalue weighted by molar-refractivity contribution is 5.84. The van der Waals surface area contributed by atoms with Crippen molar-refractivity contribution in [1.82, 2.24) is 5.32 Å². The van der Waals surface area contributed by atoms with Crippen LogP contribution < -0.4 is 10.1 Å². The molecular weight excluding hydrogens is 240 g/mol. The van der Waals surface area contributed by atoms with E-state index in [1.807, 2.05) is 31.2 Å². The van der Waals surface area contributed by atoms with Crippen LogP contribution in [0.15, 0.2) is 18.2 Å². The van der Waals surface area contributed by atoms with Crippen molar-refractivity contribution in [2.75, 3.05) is 13.7 Å². The summed E-state index contributed by atoms with van der Waals surface area (Å²) < 4.78 is 5.25. The molecule has 1 rings (SSSR count). The first-order valence-electron chi connectivity index (χ1n) is 6.24. The van der Waals surface area contributed by atoms with E-state index in [9.17, 15) is 4.79 Å². The van der Waals surface area contributed by atoms with Gasteiger partial charge in [-0.2, -0.15) is 5.26 Å². The molecule has 0 spiro atoms. The number of amides is 1. The lowest BCUT2D eigenvalue weighted by Gasteiger charge is -2.15.